The topological polar surface area (TPSA) is 29.5 Å². The summed E-state index contributed by atoms with van der Waals surface area (Å²) in [6.45, 7) is 4.07. The zero-order valence-corrected chi connectivity index (χ0v) is 11.0. The van der Waals surface area contributed by atoms with E-state index in [0.717, 1.165) is 15.8 Å². The van der Waals surface area contributed by atoms with E-state index in [1.807, 2.05) is 18.2 Å². The van der Waals surface area contributed by atoms with Crippen molar-refractivity contribution in [1.82, 2.24) is 0 Å². The first kappa shape index (κ1) is 13.1. The van der Waals surface area contributed by atoms with Crippen LogP contribution in [0.15, 0.2) is 22.7 Å². The second-order valence-electron chi connectivity index (χ2n) is 3.38. The molecule has 0 fully saturated rings. The molecule has 0 bridgehead atoms. The lowest BCUT2D eigenvalue weighted by Gasteiger charge is -2.13. The molecule has 0 saturated heterocycles. The summed E-state index contributed by atoms with van der Waals surface area (Å²) < 4.78 is 6.51. The summed E-state index contributed by atoms with van der Waals surface area (Å²) in [5.41, 5.74) is 0.791. The Hall–Kier alpha value is -0.980. The monoisotopic (exact) mass is 282 g/mol. The third kappa shape index (κ3) is 3.88. The molecule has 0 aliphatic heterocycles. The first-order chi connectivity index (χ1) is 7.65. The number of ether oxygens (including phenoxy) is 1. The summed E-state index contributed by atoms with van der Waals surface area (Å²) in [6, 6.07) is 5.61. The van der Waals surface area contributed by atoms with Gasteiger partial charge < -0.3 is 9.84 Å². The van der Waals surface area contributed by atoms with Crippen molar-refractivity contribution in [3.63, 3.8) is 0 Å². The lowest BCUT2D eigenvalue weighted by molar-refractivity contribution is 0.191. The molecular formula is C13H15BrO2. The molecule has 0 aliphatic rings. The Balaban J connectivity index is 2.73. The van der Waals surface area contributed by atoms with Crippen molar-refractivity contribution in [2.24, 2.45) is 0 Å². The van der Waals surface area contributed by atoms with Gasteiger partial charge in [0.1, 0.15) is 5.75 Å². The number of hydrogen-bond donors (Lipinski definition) is 1. The summed E-state index contributed by atoms with van der Waals surface area (Å²) >= 11 is 3.37. The van der Waals surface area contributed by atoms with E-state index in [1.54, 1.807) is 13.8 Å². The second kappa shape index (κ2) is 6.57. The van der Waals surface area contributed by atoms with Crippen LogP contribution >= 0.6 is 15.9 Å². The van der Waals surface area contributed by atoms with Crippen LogP contribution in [0.2, 0.25) is 0 Å². The van der Waals surface area contributed by atoms with Crippen LogP contribution in [0.1, 0.15) is 31.9 Å². The van der Waals surface area contributed by atoms with Crippen LogP contribution in [0.25, 0.3) is 0 Å². The molecule has 1 rings (SSSR count). The summed E-state index contributed by atoms with van der Waals surface area (Å²) in [5, 5.41) is 9.60. The quantitative estimate of drug-likeness (QED) is 0.678. The molecule has 0 saturated carbocycles. The maximum atomic E-state index is 9.60. The van der Waals surface area contributed by atoms with Gasteiger partial charge in [0.15, 0.2) is 0 Å². The Bertz CT molecular complexity index is 402. The largest absolute Gasteiger partial charge is 0.492 e. The Morgan fingerprint density at radius 1 is 1.50 bits per heavy atom. The minimum Gasteiger partial charge on any atom is -0.492 e. The molecule has 0 radical (unpaired) electrons. The van der Waals surface area contributed by atoms with Crippen molar-refractivity contribution in [2.45, 2.75) is 26.4 Å². The number of halogens is 1. The highest BCUT2D eigenvalue weighted by molar-refractivity contribution is 9.10. The van der Waals surface area contributed by atoms with E-state index in [2.05, 4.69) is 27.8 Å². The zero-order valence-electron chi connectivity index (χ0n) is 9.46. The molecule has 16 heavy (non-hydrogen) atoms. The Morgan fingerprint density at radius 2 is 2.25 bits per heavy atom. The Labute approximate surface area is 105 Å². The van der Waals surface area contributed by atoms with Gasteiger partial charge in [0.25, 0.3) is 0 Å². The summed E-state index contributed by atoms with van der Waals surface area (Å²) in [6.07, 6.45) is 0.163. The van der Waals surface area contributed by atoms with Gasteiger partial charge in [0.05, 0.1) is 12.7 Å². The fraction of sp³-hybridized carbons (Fsp3) is 0.385. The van der Waals surface area contributed by atoms with Gasteiger partial charge in [-0.3, -0.25) is 0 Å². The number of hydrogen-bond acceptors (Lipinski definition) is 2. The third-order valence-electron chi connectivity index (χ3n) is 2.08. The van der Waals surface area contributed by atoms with Gasteiger partial charge in [-0.25, -0.2) is 0 Å². The highest BCUT2D eigenvalue weighted by Gasteiger charge is 2.09. The predicted molar refractivity (Wildman–Crippen MR) is 68.3 cm³/mol. The first-order valence-electron chi connectivity index (χ1n) is 5.15. The van der Waals surface area contributed by atoms with Crippen LogP contribution in [0.5, 0.6) is 5.75 Å². The Kier molecular flexibility index (Phi) is 5.37. The van der Waals surface area contributed by atoms with E-state index in [0.29, 0.717) is 13.0 Å². The standard InChI is InChI=1S/C13H15BrO2/c1-3-4-5-8-16-13-7-6-11(14)9-12(13)10(2)15/h6-7,9-10,15H,5,8H2,1-2H3/t10-/m0/s1. The lowest BCUT2D eigenvalue weighted by Crippen LogP contribution is -2.01. The number of benzene rings is 1. The van der Waals surface area contributed by atoms with Gasteiger partial charge in [0.2, 0.25) is 0 Å². The highest BCUT2D eigenvalue weighted by Crippen LogP contribution is 2.28. The van der Waals surface area contributed by atoms with Crippen molar-refractivity contribution in [3.8, 4) is 17.6 Å². The predicted octanol–water partition coefficient (Wildman–Crippen LogP) is 3.29. The average Bonchev–Trinajstić information content (AvgIpc) is 2.26. The van der Waals surface area contributed by atoms with E-state index in [9.17, 15) is 5.11 Å². The van der Waals surface area contributed by atoms with E-state index < -0.39 is 6.10 Å². The summed E-state index contributed by atoms with van der Waals surface area (Å²) in [7, 11) is 0. The molecule has 0 spiro atoms. The molecule has 1 aromatic rings. The maximum Gasteiger partial charge on any atom is 0.125 e. The summed E-state index contributed by atoms with van der Waals surface area (Å²) in [4.78, 5) is 0. The smallest absolute Gasteiger partial charge is 0.125 e. The maximum absolute atomic E-state index is 9.60. The molecule has 3 heteroatoms. The van der Waals surface area contributed by atoms with Crippen LogP contribution in [0.4, 0.5) is 0 Å². The molecular weight excluding hydrogens is 268 g/mol. The van der Waals surface area contributed by atoms with Gasteiger partial charge in [-0.1, -0.05) is 15.9 Å². The zero-order chi connectivity index (χ0) is 12.0. The van der Waals surface area contributed by atoms with Gasteiger partial charge >= 0.3 is 0 Å². The fourth-order valence-corrected chi connectivity index (χ4v) is 1.69. The highest BCUT2D eigenvalue weighted by atomic mass is 79.9. The molecule has 2 nitrogen and oxygen atoms in total. The Morgan fingerprint density at radius 3 is 2.88 bits per heavy atom. The summed E-state index contributed by atoms with van der Waals surface area (Å²) in [5.74, 6) is 6.46. The van der Waals surface area contributed by atoms with Gasteiger partial charge in [-0.2, -0.15) is 0 Å². The molecule has 1 aromatic carbocycles. The van der Waals surface area contributed by atoms with E-state index in [4.69, 9.17) is 4.74 Å². The molecule has 0 amide bonds. The van der Waals surface area contributed by atoms with Crippen LogP contribution < -0.4 is 4.74 Å². The van der Waals surface area contributed by atoms with Crippen LogP contribution in [0, 0.1) is 11.8 Å². The minimum absolute atomic E-state index is 0.537. The number of aliphatic hydroxyl groups excluding tert-OH is 1. The SMILES string of the molecule is CC#CCCOc1ccc(Br)cc1[C@H](C)O. The third-order valence-corrected chi connectivity index (χ3v) is 2.58. The molecule has 0 unspecified atom stereocenters. The molecule has 0 aliphatic carbocycles. The molecule has 0 aromatic heterocycles. The van der Waals surface area contributed by atoms with Crippen LogP contribution in [-0.4, -0.2) is 11.7 Å². The molecule has 0 heterocycles. The molecule has 86 valence electrons. The minimum atomic E-state index is -0.537. The fourth-order valence-electron chi connectivity index (χ4n) is 1.31. The van der Waals surface area contributed by atoms with Crippen molar-refractivity contribution in [3.05, 3.63) is 28.2 Å². The number of rotatable bonds is 4. The van der Waals surface area contributed by atoms with Crippen LogP contribution in [0.3, 0.4) is 0 Å². The van der Waals surface area contributed by atoms with Crippen molar-refractivity contribution in [2.75, 3.05) is 6.61 Å². The van der Waals surface area contributed by atoms with Gasteiger partial charge in [0, 0.05) is 16.5 Å². The normalized spacial score (nSPS) is 11.5. The van der Waals surface area contributed by atoms with E-state index >= 15 is 0 Å². The second-order valence-corrected chi connectivity index (χ2v) is 4.30. The van der Waals surface area contributed by atoms with Crippen molar-refractivity contribution < 1.29 is 9.84 Å². The first-order valence-corrected chi connectivity index (χ1v) is 5.94. The van der Waals surface area contributed by atoms with E-state index in [-0.39, 0.29) is 0 Å². The van der Waals surface area contributed by atoms with Crippen molar-refractivity contribution >= 4 is 15.9 Å². The molecule has 1 N–H and O–H groups in total. The molecule has 1 atom stereocenters. The average molecular weight is 283 g/mol. The van der Waals surface area contributed by atoms with Crippen molar-refractivity contribution in [1.29, 1.82) is 0 Å². The van der Waals surface area contributed by atoms with Gasteiger partial charge in [-0.15, -0.1) is 11.8 Å². The van der Waals surface area contributed by atoms with Crippen LogP contribution in [-0.2, 0) is 0 Å². The lowest BCUT2D eigenvalue weighted by atomic mass is 10.1. The van der Waals surface area contributed by atoms with E-state index in [1.165, 1.54) is 0 Å². The van der Waals surface area contributed by atoms with Gasteiger partial charge in [-0.05, 0) is 32.0 Å². The number of aliphatic hydroxyl groups is 1.